The maximum absolute atomic E-state index is 10.9. The van der Waals surface area contributed by atoms with E-state index in [2.05, 4.69) is 6.92 Å². The van der Waals surface area contributed by atoms with E-state index in [1.807, 2.05) is 13.8 Å². The monoisotopic (exact) mass is 157 g/mol. The summed E-state index contributed by atoms with van der Waals surface area (Å²) in [7, 11) is 0. The molecule has 0 aliphatic rings. The lowest BCUT2D eigenvalue weighted by Gasteiger charge is -2.15. The van der Waals surface area contributed by atoms with Gasteiger partial charge in [-0.05, 0) is 12.3 Å². The van der Waals surface area contributed by atoms with Crippen LogP contribution >= 0.6 is 0 Å². The molecule has 11 heavy (non-hydrogen) atoms. The van der Waals surface area contributed by atoms with E-state index in [0.717, 1.165) is 19.3 Å². The van der Waals surface area contributed by atoms with E-state index in [0.29, 0.717) is 5.92 Å². The van der Waals surface area contributed by atoms with E-state index >= 15 is 0 Å². The number of amides is 1. The summed E-state index contributed by atoms with van der Waals surface area (Å²) >= 11 is 0. The molecule has 0 unspecified atom stereocenters. The average Bonchev–Trinajstić information content (AvgIpc) is 1.87. The fourth-order valence-electron chi connectivity index (χ4n) is 1.23. The van der Waals surface area contributed by atoms with Gasteiger partial charge in [0.1, 0.15) is 0 Å². The Balaban J connectivity index is 3.80. The summed E-state index contributed by atoms with van der Waals surface area (Å²) in [6.45, 7) is 6.22. The quantitative estimate of drug-likeness (QED) is 0.651. The highest BCUT2D eigenvalue weighted by atomic mass is 16.1. The van der Waals surface area contributed by atoms with Gasteiger partial charge in [-0.3, -0.25) is 4.79 Å². The molecule has 0 bridgehead atoms. The van der Waals surface area contributed by atoms with Crippen molar-refractivity contribution in [2.24, 2.45) is 17.6 Å². The van der Waals surface area contributed by atoms with Crippen LogP contribution in [0.25, 0.3) is 0 Å². The maximum Gasteiger partial charge on any atom is 0.220 e. The van der Waals surface area contributed by atoms with Gasteiger partial charge >= 0.3 is 0 Å². The van der Waals surface area contributed by atoms with Crippen LogP contribution in [-0.2, 0) is 4.79 Å². The third-order valence-corrected chi connectivity index (χ3v) is 2.04. The van der Waals surface area contributed by atoms with Crippen LogP contribution < -0.4 is 5.73 Å². The highest BCUT2D eigenvalue weighted by Gasteiger charge is 2.17. The minimum Gasteiger partial charge on any atom is -0.369 e. The van der Waals surface area contributed by atoms with E-state index in [-0.39, 0.29) is 11.8 Å². The normalized spacial score (nSPS) is 13.5. The second-order valence-electron chi connectivity index (χ2n) is 3.40. The number of carbonyl (C=O) groups is 1. The molecule has 0 aliphatic heterocycles. The van der Waals surface area contributed by atoms with Gasteiger partial charge in [-0.1, -0.05) is 33.6 Å². The molecule has 0 aromatic rings. The van der Waals surface area contributed by atoms with Crippen molar-refractivity contribution < 1.29 is 4.79 Å². The Morgan fingerprint density at radius 1 is 1.45 bits per heavy atom. The van der Waals surface area contributed by atoms with Crippen molar-refractivity contribution in [3.8, 4) is 0 Å². The van der Waals surface area contributed by atoms with Crippen LogP contribution in [-0.4, -0.2) is 5.91 Å². The predicted molar refractivity (Wildman–Crippen MR) is 47.0 cm³/mol. The first-order valence-corrected chi connectivity index (χ1v) is 4.38. The number of carbonyl (C=O) groups excluding carboxylic acids is 1. The van der Waals surface area contributed by atoms with Gasteiger partial charge in [0.25, 0.3) is 0 Å². The fourth-order valence-corrected chi connectivity index (χ4v) is 1.23. The highest BCUT2D eigenvalue weighted by Crippen LogP contribution is 2.17. The SMILES string of the molecule is CCCC[C@@H](C(N)=O)C(C)C. The lowest BCUT2D eigenvalue weighted by Crippen LogP contribution is -2.27. The number of unbranched alkanes of at least 4 members (excludes halogenated alkanes) is 1. The van der Waals surface area contributed by atoms with Gasteiger partial charge in [-0.25, -0.2) is 0 Å². The van der Waals surface area contributed by atoms with E-state index < -0.39 is 0 Å². The number of rotatable bonds is 5. The Morgan fingerprint density at radius 3 is 2.27 bits per heavy atom. The van der Waals surface area contributed by atoms with Crippen molar-refractivity contribution >= 4 is 5.91 Å². The van der Waals surface area contributed by atoms with Gasteiger partial charge in [0.15, 0.2) is 0 Å². The molecule has 1 amide bonds. The van der Waals surface area contributed by atoms with E-state index in [9.17, 15) is 4.79 Å². The topological polar surface area (TPSA) is 43.1 Å². The molecular formula is C9H19NO. The zero-order valence-corrected chi connectivity index (χ0v) is 7.76. The highest BCUT2D eigenvalue weighted by molar-refractivity contribution is 5.76. The summed E-state index contributed by atoms with van der Waals surface area (Å²) in [5, 5.41) is 0. The molecule has 2 N–H and O–H groups in total. The van der Waals surface area contributed by atoms with Crippen LogP contribution in [0.3, 0.4) is 0 Å². The van der Waals surface area contributed by atoms with Crippen LogP contribution in [0.2, 0.25) is 0 Å². The number of hydrogen-bond acceptors (Lipinski definition) is 1. The molecular weight excluding hydrogens is 138 g/mol. The first kappa shape index (κ1) is 10.5. The third-order valence-electron chi connectivity index (χ3n) is 2.04. The Bertz CT molecular complexity index is 121. The molecule has 0 saturated carbocycles. The summed E-state index contributed by atoms with van der Waals surface area (Å²) in [5.74, 6) is 0.322. The van der Waals surface area contributed by atoms with E-state index in [1.165, 1.54) is 0 Å². The van der Waals surface area contributed by atoms with Gasteiger partial charge in [-0.2, -0.15) is 0 Å². The van der Waals surface area contributed by atoms with Crippen molar-refractivity contribution in [2.75, 3.05) is 0 Å². The molecule has 0 rings (SSSR count). The summed E-state index contributed by atoms with van der Waals surface area (Å²) in [5.41, 5.74) is 5.24. The van der Waals surface area contributed by atoms with Crippen molar-refractivity contribution in [3.05, 3.63) is 0 Å². The van der Waals surface area contributed by atoms with Gasteiger partial charge in [0.2, 0.25) is 5.91 Å². The summed E-state index contributed by atoms with van der Waals surface area (Å²) in [4.78, 5) is 10.9. The van der Waals surface area contributed by atoms with Crippen molar-refractivity contribution in [3.63, 3.8) is 0 Å². The molecule has 0 aromatic heterocycles. The first-order chi connectivity index (χ1) is 5.09. The zero-order valence-electron chi connectivity index (χ0n) is 7.76. The Morgan fingerprint density at radius 2 is 2.00 bits per heavy atom. The van der Waals surface area contributed by atoms with E-state index in [4.69, 9.17) is 5.73 Å². The predicted octanol–water partition coefficient (Wildman–Crippen LogP) is 1.93. The van der Waals surface area contributed by atoms with Gasteiger partial charge < -0.3 is 5.73 Å². The zero-order chi connectivity index (χ0) is 8.85. The second-order valence-corrected chi connectivity index (χ2v) is 3.40. The minimum absolute atomic E-state index is 0.0787. The van der Waals surface area contributed by atoms with Crippen molar-refractivity contribution in [2.45, 2.75) is 40.0 Å². The van der Waals surface area contributed by atoms with Crippen molar-refractivity contribution in [1.29, 1.82) is 0 Å². The van der Waals surface area contributed by atoms with Crippen molar-refractivity contribution in [1.82, 2.24) is 0 Å². The molecule has 0 aliphatic carbocycles. The molecule has 2 heteroatoms. The van der Waals surface area contributed by atoms with Gasteiger partial charge in [0.05, 0.1) is 0 Å². The molecule has 66 valence electrons. The molecule has 0 spiro atoms. The first-order valence-electron chi connectivity index (χ1n) is 4.38. The molecule has 0 radical (unpaired) electrons. The van der Waals surface area contributed by atoms with Crippen LogP contribution in [0.4, 0.5) is 0 Å². The van der Waals surface area contributed by atoms with Crippen LogP contribution in [0.5, 0.6) is 0 Å². The number of nitrogens with two attached hydrogens (primary N) is 1. The fraction of sp³-hybridized carbons (Fsp3) is 0.889. The number of hydrogen-bond donors (Lipinski definition) is 1. The molecule has 2 nitrogen and oxygen atoms in total. The van der Waals surface area contributed by atoms with E-state index in [1.54, 1.807) is 0 Å². The summed E-state index contributed by atoms with van der Waals surface area (Å²) in [6.07, 6.45) is 3.19. The van der Waals surface area contributed by atoms with Gasteiger partial charge in [0, 0.05) is 5.92 Å². The lowest BCUT2D eigenvalue weighted by atomic mass is 9.90. The standard InChI is InChI=1S/C9H19NO/c1-4-5-6-8(7(2)3)9(10)11/h7-8H,4-6H2,1-3H3,(H2,10,11)/t8-/m1/s1. The molecule has 0 heterocycles. The Kier molecular flexibility index (Phi) is 4.92. The lowest BCUT2D eigenvalue weighted by molar-refractivity contribution is -0.123. The smallest absolute Gasteiger partial charge is 0.220 e. The summed E-state index contributed by atoms with van der Waals surface area (Å²) < 4.78 is 0. The average molecular weight is 157 g/mol. The minimum atomic E-state index is -0.145. The van der Waals surface area contributed by atoms with Gasteiger partial charge in [-0.15, -0.1) is 0 Å². The molecule has 0 fully saturated rings. The second kappa shape index (κ2) is 5.16. The Labute approximate surface area is 69.2 Å². The summed E-state index contributed by atoms with van der Waals surface area (Å²) in [6, 6.07) is 0. The molecule has 1 atom stereocenters. The Hall–Kier alpha value is -0.530. The largest absolute Gasteiger partial charge is 0.369 e. The van der Waals surface area contributed by atoms with Crippen LogP contribution in [0.1, 0.15) is 40.0 Å². The molecule has 0 saturated heterocycles. The maximum atomic E-state index is 10.9. The number of primary amides is 1. The van der Waals surface area contributed by atoms with Crippen LogP contribution in [0.15, 0.2) is 0 Å². The molecule has 0 aromatic carbocycles. The third kappa shape index (κ3) is 4.02. The van der Waals surface area contributed by atoms with Crippen LogP contribution in [0, 0.1) is 11.8 Å².